The SMILES string of the molecule is Cc1ccnc(N2CC[C@@](O)(c3ccccc3)[C@@H]3CCCCC32)c1. The first-order valence-corrected chi connectivity index (χ1v) is 9.16. The van der Waals surface area contributed by atoms with Gasteiger partial charge in [0.2, 0.25) is 0 Å². The van der Waals surface area contributed by atoms with Crippen LogP contribution in [0.1, 0.15) is 43.2 Å². The Morgan fingerprint density at radius 1 is 1.12 bits per heavy atom. The van der Waals surface area contributed by atoms with Gasteiger partial charge in [-0.1, -0.05) is 43.2 Å². The molecule has 3 atom stereocenters. The number of fused-ring (bicyclic) bond motifs is 1. The van der Waals surface area contributed by atoms with Crippen molar-refractivity contribution >= 4 is 5.82 Å². The second-order valence-electron chi connectivity index (χ2n) is 7.38. The van der Waals surface area contributed by atoms with Gasteiger partial charge in [-0.3, -0.25) is 0 Å². The maximum atomic E-state index is 11.6. The molecule has 2 heterocycles. The third kappa shape index (κ3) is 2.61. The minimum absolute atomic E-state index is 0.282. The molecule has 1 aliphatic carbocycles. The van der Waals surface area contributed by atoms with E-state index in [1.165, 1.54) is 18.4 Å². The molecule has 1 saturated carbocycles. The molecular formula is C21H26N2O. The van der Waals surface area contributed by atoms with Crippen molar-refractivity contribution in [2.24, 2.45) is 5.92 Å². The summed E-state index contributed by atoms with van der Waals surface area (Å²) in [4.78, 5) is 7.07. The van der Waals surface area contributed by atoms with Crippen molar-refractivity contribution < 1.29 is 5.11 Å². The van der Waals surface area contributed by atoms with Crippen molar-refractivity contribution in [3.63, 3.8) is 0 Å². The predicted octanol–water partition coefficient (Wildman–Crippen LogP) is 4.05. The van der Waals surface area contributed by atoms with E-state index in [0.29, 0.717) is 6.04 Å². The fourth-order valence-electron chi connectivity index (χ4n) is 4.73. The van der Waals surface area contributed by atoms with E-state index >= 15 is 0 Å². The molecule has 1 aromatic heterocycles. The molecule has 2 fully saturated rings. The molecule has 0 spiro atoms. The van der Waals surface area contributed by atoms with Gasteiger partial charge in [0, 0.05) is 24.7 Å². The Morgan fingerprint density at radius 3 is 2.71 bits per heavy atom. The number of anilines is 1. The lowest BCUT2D eigenvalue weighted by atomic mass is 9.66. The summed E-state index contributed by atoms with van der Waals surface area (Å²) in [7, 11) is 0. The average Bonchev–Trinajstić information content (AvgIpc) is 2.63. The minimum Gasteiger partial charge on any atom is -0.385 e. The third-order valence-electron chi connectivity index (χ3n) is 5.95. The number of pyridine rings is 1. The van der Waals surface area contributed by atoms with E-state index in [-0.39, 0.29) is 5.92 Å². The topological polar surface area (TPSA) is 36.4 Å². The summed E-state index contributed by atoms with van der Waals surface area (Å²) in [6, 6.07) is 14.9. The maximum absolute atomic E-state index is 11.6. The van der Waals surface area contributed by atoms with Crippen LogP contribution in [0.4, 0.5) is 5.82 Å². The summed E-state index contributed by atoms with van der Waals surface area (Å²) >= 11 is 0. The van der Waals surface area contributed by atoms with E-state index in [1.54, 1.807) is 0 Å². The maximum Gasteiger partial charge on any atom is 0.128 e. The van der Waals surface area contributed by atoms with Crippen molar-refractivity contribution in [1.29, 1.82) is 0 Å². The molecule has 0 radical (unpaired) electrons. The zero-order valence-electron chi connectivity index (χ0n) is 14.4. The molecular weight excluding hydrogens is 296 g/mol. The molecule has 2 aliphatic rings. The number of aryl methyl sites for hydroxylation is 1. The normalized spacial score (nSPS) is 30.0. The standard InChI is InChI=1S/C21H26N2O/c1-16-11-13-22-20(15-16)23-14-12-21(24,17-7-3-2-4-8-17)18-9-5-6-10-19(18)23/h2-4,7-8,11,13,15,18-19,24H,5-6,9-10,12,14H2,1H3/t18-,19?,21-/m1/s1. The number of benzene rings is 1. The Hall–Kier alpha value is -1.87. The zero-order chi connectivity index (χ0) is 16.6. The fraction of sp³-hybridized carbons (Fsp3) is 0.476. The Morgan fingerprint density at radius 2 is 1.92 bits per heavy atom. The van der Waals surface area contributed by atoms with Gasteiger partial charge in [0.25, 0.3) is 0 Å². The molecule has 1 aliphatic heterocycles. The van der Waals surface area contributed by atoms with Crippen LogP contribution in [0.3, 0.4) is 0 Å². The first-order chi connectivity index (χ1) is 11.7. The van der Waals surface area contributed by atoms with Gasteiger partial charge in [-0.05, 0) is 49.4 Å². The molecule has 0 amide bonds. The molecule has 1 N–H and O–H groups in total. The fourth-order valence-corrected chi connectivity index (χ4v) is 4.73. The highest BCUT2D eigenvalue weighted by Crippen LogP contribution is 2.47. The van der Waals surface area contributed by atoms with Crippen molar-refractivity contribution in [3.05, 3.63) is 59.8 Å². The molecule has 24 heavy (non-hydrogen) atoms. The van der Waals surface area contributed by atoms with Gasteiger partial charge in [0.05, 0.1) is 5.60 Å². The second-order valence-corrected chi connectivity index (χ2v) is 7.38. The molecule has 3 nitrogen and oxygen atoms in total. The van der Waals surface area contributed by atoms with Gasteiger partial charge in [-0.2, -0.15) is 0 Å². The first-order valence-electron chi connectivity index (χ1n) is 9.16. The van der Waals surface area contributed by atoms with E-state index in [9.17, 15) is 5.11 Å². The summed E-state index contributed by atoms with van der Waals surface area (Å²) in [6.45, 7) is 2.98. The Balaban J connectivity index is 1.70. The van der Waals surface area contributed by atoms with E-state index in [4.69, 9.17) is 0 Å². The van der Waals surface area contributed by atoms with Gasteiger partial charge in [0.15, 0.2) is 0 Å². The molecule has 0 bridgehead atoms. The minimum atomic E-state index is -0.702. The second kappa shape index (κ2) is 6.21. The highest BCUT2D eigenvalue weighted by Gasteiger charge is 2.49. The lowest BCUT2D eigenvalue weighted by molar-refractivity contribution is -0.0690. The lowest BCUT2D eigenvalue weighted by Crippen LogP contribution is -2.57. The van der Waals surface area contributed by atoms with Gasteiger partial charge in [-0.25, -0.2) is 4.98 Å². The van der Waals surface area contributed by atoms with E-state index in [1.807, 2.05) is 30.5 Å². The molecule has 1 saturated heterocycles. The van der Waals surface area contributed by atoms with Gasteiger partial charge in [0.1, 0.15) is 5.82 Å². The summed E-state index contributed by atoms with van der Waals surface area (Å²) in [6.07, 6.45) is 7.38. The predicted molar refractivity (Wildman–Crippen MR) is 97.0 cm³/mol. The largest absolute Gasteiger partial charge is 0.385 e. The first kappa shape index (κ1) is 15.6. The van der Waals surface area contributed by atoms with Crippen LogP contribution in [-0.2, 0) is 5.60 Å². The molecule has 1 aromatic carbocycles. The van der Waals surface area contributed by atoms with Crippen LogP contribution < -0.4 is 4.90 Å². The number of hydrogen-bond donors (Lipinski definition) is 1. The van der Waals surface area contributed by atoms with Crippen LogP contribution >= 0.6 is 0 Å². The van der Waals surface area contributed by atoms with Crippen LogP contribution in [0.25, 0.3) is 0 Å². The molecule has 4 rings (SSSR count). The van der Waals surface area contributed by atoms with Crippen molar-refractivity contribution in [2.75, 3.05) is 11.4 Å². The summed E-state index contributed by atoms with van der Waals surface area (Å²) < 4.78 is 0. The summed E-state index contributed by atoms with van der Waals surface area (Å²) in [5.74, 6) is 1.35. The quantitative estimate of drug-likeness (QED) is 0.906. The Labute approximate surface area is 144 Å². The Bertz CT molecular complexity index is 702. The van der Waals surface area contributed by atoms with Crippen molar-refractivity contribution in [2.45, 2.75) is 50.7 Å². The number of hydrogen-bond acceptors (Lipinski definition) is 3. The van der Waals surface area contributed by atoms with E-state index in [0.717, 1.165) is 37.2 Å². The monoisotopic (exact) mass is 322 g/mol. The van der Waals surface area contributed by atoms with Gasteiger partial charge >= 0.3 is 0 Å². The zero-order valence-corrected chi connectivity index (χ0v) is 14.4. The van der Waals surface area contributed by atoms with Crippen LogP contribution in [0, 0.1) is 12.8 Å². The number of rotatable bonds is 2. The van der Waals surface area contributed by atoms with Crippen LogP contribution in [0.15, 0.2) is 48.7 Å². The number of aromatic nitrogens is 1. The van der Waals surface area contributed by atoms with Gasteiger partial charge < -0.3 is 10.0 Å². The van der Waals surface area contributed by atoms with Crippen molar-refractivity contribution in [3.8, 4) is 0 Å². The highest BCUT2D eigenvalue weighted by molar-refractivity contribution is 5.44. The number of nitrogens with zero attached hydrogens (tertiary/aromatic N) is 2. The number of piperidine rings is 1. The summed E-state index contributed by atoms with van der Waals surface area (Å²) in [5.41, 5.74) is 1.63. The van der Waals surface area contributed by atoms with E-state index in [2.05, 4.69) is 35.0 Å². The third-order valence-corrected chi connectivity index (χ3v) is 5.95. The van der Waals surface area contributed by atoms with E-state index < -0.39 is 5.60 Å². The van der Waals surface area contributed by atoms with Crippen LogP contribution in [-0.4, -0.2) is 22.7 Å². The van der Waals surface area contributed by atoms with Crippen molar-refractivity contribution in [1.82, 2.24) is 4.98 Å². The smallest absolute Gasteiger partial charge is 0.128 e. The summed E-state index contributed by atoms with van der Waals surface area (Å²) in [5, 5.41) is 11.6. The highest BCUT2D eigenvalue weighted by atomic mass is 16.3. The molecule has 3 heteroatoms. The van der Waals surface area contributed by atoms with Crippen LogP contribution in [0.5, 0.6) is 0 Å². The Kier molecular flexibility index (Phi) is 4.05. The molecule has 126 valence electrons. The molecule has 1 unspecified atom stereocenters. The average molecular weight is 322 g/mol. The molecule has 2 aromatic rings. The van der Waals surface area contributed by atoms with Crippen LogP contribution in [0.2, 0.25) is 0 Å². The number of aliphatic hydroxyl groups is 1. The van der Waals surface area contributed by atoms with Gasteiger partial charge in [-0.15, -0.1) is 0 Å². The lowest BCUT2D eigenvalue weighted by Gasteiger charge is -2.53.